The van der Waals surface area contributed by atoms with Gasteiger partial charge in [-0.1, -0.05) is 23.8 Å². The zero-order valence-electron chi connectivity index (χ0n) is 13.5. The van der Waals surface area contributed by atoms with Crippen molar-refractivity contribution in [2.24, 2.45) is 0 Å². The Balaban J connectivity index is 1.52. The van der Waals surface area contributed by atoms with Gasteiger partial charge in [-0.2, -0.15) is 5.10 Å². The largest absolute Gasteiger partial charge is 0.378 e. The predicted octanol–water partition coefficient (Wildman–Crippen LogP) is 2.38. The summed E-state index contributed by atoms with van der Waals surface area (Å²) < 4.78 is 11.6. The van der Waals surface area contributed by atoms with E-state index in [1.165, 1.54) is 16.7 Å². The second-order valence-corrected chi connectivity index (χ2v) is 6.68. The van der Waals surface area contributed by atoms with E-state index in [0.29, 0.717) is 0 Å². The van der Waals surface area contributed by atoms with Crippen LogP contribution in [-0.4, -0.2) is 53.6 Å². The van der Waals surface area contributed by atoms with E-state index in [-0.39, 0.29) is 5.60 Å². The van der Waals surface area contributed by atoms with Crippen molar-refractivity contribution in [1.82, 2.24) is 15.1 Å². The number of hydrogen-bond acceptors (Lipinski definition) is 4. The summed E-state index contributed by atoms with van der Waals surface area (Å²) in [6.45, 7) is 7.22. The topological polar surface area (TPSA) is 50.4 Å². The average Bonchev–Trinajstić information content (AvgIpc) is 3.17. The summed E-state index contributed by atoms with van der Waals surface area (Å²) in [4.78, 5) is 2.46. The molecule has 0 radical (unpaired) electrons. The van der Waals surface area contributed by atoms with Crippen LogP contribution in [0.15, 0.2) is 30.5 Å². The van der Waals surface area contributed by atoms with Crippen LogP contribution in [-0.2, 0) is 16.0 Å². The van der Waals surface area contributed by atoms with Crippen LogP contribution < -0.4 is 0 Å². The van der Waals surface area contributed by atoms with E-state index < -0.39 is 0 Å². The molecule has 1 aromatic heterocycles. The molecule has 1 unspecified atom stereocenters. The highest BCUT2D eigenvalue weighted by atomic mass is 16.6. The molecule has 2 aliphatic rings. The standard InChI is InChI=1S/C18H23N3O2/c1-14-3-2-4-15(9-14)17-16(10-19-20-17)11-21-6-8-23-18(12-21)5-7-22-13-18/h2-4,9-10H,5-8,11-13H2,1H3,(H,19,20). The molecule has 23 heavy (non-hydrogen) atoms. The number of nitrogens with zero attached hydrogens (tertiary/aromatic N) is 2. The van der Waals surface area contributed by atoms with Crippen molar-refractivity contribution < 1.29 is 9.47 Å². The van der Waals surface area contributed by atoms with Crippen LogP contribution in [0.2, 0.25) is 0 Å². The van der Waals surface area contributed by atoms with E-state index >= 15 is 0 Å². The Morgan fingerprint density at radius 1 is 1.35 bits per heavy atom. The van der Waals surface area contributed by atoms with Gasteiger partial charge in [0.2, 0.25) is 0 Å². The first-order valence-corrected chi connectivity index (χ1v) is 8.27. The van der Waals surface area contributed by atoms with E-state index in [4.69, 9.17) is 9.47 Å². The summed E-state index contributed by atoms with van der Waals surface area (Å²) in [5.41, 5.74) is 4.73. The Bertz CT molecular complexity index is 676. The summed E-state index contributed by atoms with van der Waals surface area (Å²) in [6, 6.07) is 8.54. The zero-order chi connectivity index (χ0) is 15.7. The van der Waals surface area contributed by atoms with Crippen molar-refractivity contribution in [1.29, 1.82) is 0 Å². The summed E-state index contributed by atoms with van der Waals surface area (Å²) in [5.74, 6) is 0. The highest BCUT2D eigenvalue weighted by Crippen LogP contribution is 2.29. The number of aromatic nitrogens is 2. The summed E-state index contributed by atoms with van der Waals surface area (Å²) >= 11 is 0. The average molecular weight is 313 g/mol. The van der Waals surface area contributed by atoms with Gasteiger partial charge in [0.25, 0.3) is 0 Å². The normalized spacial score (nSPS) is 25.3. The number of H-pyrrole nitrogens is 1. The maximum absolute atomic E-state index is 6.02. The van der Waals surface area contributed by atoms with Crippen LogP contribution in [0.3, 0.4) is 0 Å². The van der Waals surface area contributed by atoms with Gasteiger partial charge in [-0.25, -0.2) is 0 Å². The second-order valence-electron chi connectivity index (χ2n) is 6.68. The molecular formula is C18H23N3O2. The summed E-state index contributed by atoms with van der Waals surface area (Å²) in [6.07, 6.45) is 2.95. The molecule has 5 nitrogen and oxygen atoms in total. The molecule has 122 valence electrons. The molecular weight excluding hydrogens is 290 g/mol. The van der Waals surface area contributed by atoms with Crippen molar-refractivity contribution in [3.05, 3.63) is 41.6 Å². The van der Waals surface area contributed by atoms with Gasteiger partial charge in [0.05, 0.1) is 25.1 Å². The minimum absolute atomic E-state index is 0.0918. The Kier molecular flexibility index (Phi) is 3.93. The lowest BCUT2D eigenvalue weighted by Gasteiger charge is -2.39. The SMILES string of the molecule is Cc1cccc(-c2[nH]ncc2CN2CCOC3(CCOC3)C2)c1. The van der Waals surface area contributed by atoms with Crippen LogP contribution >= 0.6 is 0 Å². The molecule has 3 heterocycles. The molecule has 0 aliphatic carbocycles. The Labute approximate surface area is 136 Å². The van der Waals surface area contributed by atoms with E-state index in [2.05, 4.69) is 46.3 Å². The van der Waals surface area contributed by atoms with Crippen LogP contribution in [0.25, 0.3) is 11.3 Å². The molecule has 2 saturated heterocycles. The van der Waals surface area contributed by atoms with E-state index in [0.717, 1.165) is 51.6 Å². The number of nitrogens with one attached hydrogen (secondary N) is 1. The molecule has 0 saturated carbocycles. The highest BCUT2D eigenvalue weighted by molar-refractivity contribution is 5.63. The highest BCUT2D eigenvalue weighted by Gasteiger charge is 2.40. The number of ether oxygens (including phenoxy) is 2. The summed E-state index contributed by atoms with van der Waals surface area (Å²) in [7, 11) is 0. The molecule has 2 aliphatic heterocycles. The number of aryl methyl sites for hydroxylation is 1. The third kappa shape index (κ3) is 3.04. The smallest absolute Gasteiger partial charge is 0.106 e. The van der Waals surface area contributed by atoms with Gasteiger partial charge in [-0.3, -0.25) is 10.00 Å². The quantitative estimate of drug-likeness (QED) is 0.945. The molecule has 0 amide bonds. The zero-order valence-corrected chi connectivity index (χ0v) is 13.5. The fourth-order valence-electron chi connectivity index (χ4n) is 3.61. The molecule has 1 atom stereocenters. The molecule has 1 N–H and O–H groups in total. The Morgan fingerprint density at radius 3 is 3.13 bits per heavy atom. The molecule has 4 rings (SSSR count). The fourth-order valence-corrected chi connectivity index (χ4v) is 3.61. The van der Waals surface area contributed by atoms with Crippen molar-refractivity contribution in [3.8, 4) is 11.3 Å². The number of benzene rings is 1. The van der Waals surface area contributed by atoms with E-state index in [1.807, 2.05) is 6.20 Å². The number of morpholine rings is 1. The molecule has 2 fully saturated rings. The van der Waals surface area contributed by atoms with Crippen molar-refractivity contribution >= 4 is 0 Å². The van der Waals surface area contributed by atoms with E-state index in [1.54, 1.807) is 0 Å². The molecule has 1 aromatic carbocycles. The molecule has 1 spiro atoms. The first-order chi connectivity index (χ1) is 11.2. The maximum Gasteiger partial charge on any atom is 0.106 e. The van der Waals surface area contributed by atoms with Gasteiger partial charge < -0.3 is 9.47 Å². The lowest BCUT2D eigenvalue weighted by Crippen LogP contribution is -2.51. The summed E-state index contributed by atoms with van der Waals surface area (Å²) in [5, 5.41) is 7.44. The maximum atomic E-state index is 6.02. The molecule has 5 heteroatoms. The van der Waals surface area contributed by atoms with Crippen LogP contribution in [0.4, 0.5) is 0 Å². The van der Waals surface area contributed by atoms with Crippen molar-refractivity contribution in [3.63, 3.8) is 0 Å². The van der Waals surface area contributed by atoms with Gasteiger partial charge in [0, 0.05) is 43.8 Å². The number of aromatic amines is 1. The predicted molar refractivity (Wildman–Crippen MR) is 88.2 cm³/mol. The minimum atomic E-state index is -0.0918. The third-order valence-corrected chi connectivity index (χ3v) is 4.81. The lowest BCUT2D eigenvalue weighted by molar-refractivity contribution is -0.111. The van der Waals surface area contributed by atoms with Gasteiger partial charge in [0.1, 0.15) is 5.60 Å². The minimum Gasteiger partial charge on any atom is -0.378 e. The third-order valence-electron chi connectivity index (χ3n) is 4.81. The van der Waals surface area contributed by atoms with Crippen LogP contribution in [0.5, 0.6) is 0 Å². The van der Waals surface area contributed by atoms with Gasteiger partial charge in [0.15, 0.2) is 0 Å². The number of hydrogen-bond donors (Lipinski definition) is 1. The molecule has 2 aromatic rings. The van der Waals surface area contributed by atoms with E-state index in [9.17, 15) is 0 Å². The lowest BCUT2D eigenvalue weighted by atomic mass is 10.00. The van der Waals surface area contributed by atoms with Crippen molar-refractivity contribution in [2.75, 3.05) is 32.9 Å². The van der Waals surface area contributed by atoms with Crippen LogP contribution in [0.1, 0.15) is 17.5 Å². The Hall–Kier alpha value is -1.69. The number of rotatable bonds is 3. The van der Waals surface area contributed by atoms with Gasteiger partial charge >= 0.3 is 0 Å². The van der Waals surface area contributed by atoms with Crippen molar-refractivity contribution in [2.45, 2.75) is 25.5 Å². The Morgan fingerprint density at radius 2 is 2.30 bits per heavy atom. The van der Waals surface area contributed by atoms with Crippen LogP contribution in [0, 0.1) is 6.92 Å². The first kappa shape index (κ1) is 14.9. The monoisotopic (exact) mass is 313 g/mol. The van der Waals surface area contributed by atoms with Gasteiger partial charge in [-0.15, -0.1) is 0 Å². The van der Waals surface area contributed by atoms with Gasteiger partial charge in [-0.05, 0) is 13.0 Å². The molecule has 0 bridgehead atoms. The first-order valence-electron chi connectivity index (χ1n) is 8.27. The second kappa shape index (κ2) is 6.07. The fraction of sp³-hybridized carbons (Fsp3) is 0.500.